The van der Waals surface area contributed by atoms with Gasteiger partial charge >= 0.3 is 0 Å². The van der Waals surface area contributed by atoms with E-state index in [1.165, 1.54) is 0 Å². The molecular weight excluding hydrogens is 304 g/mol. The SMILES string of the molecule is Cc1ccccc1OC[C@H](C)NC(=O)c1cnc2c(c1)ncn2C. The van der Waals surface area contributed by atoms with Crippen LogP contribution in [0.5, 0.6) is 5.75 Å². The van der Waals surface area contributed by atoms with Crippen LogP contribution in [0.1, 0.15) is 22.8 Å². The number of aromatic nitrogens is 3. The molecule has 0 bridgehead atoms. The van der Waals surface area contributed by atoms with Crippen LogP contribution >= 0.6 is 0 Å². The fourth-order valence-electron chi connectivity index (χ4n) is 2.42. The van der Waals surface area contributed by atoms with Gasteiger partial charge in [0.25, 0.3) is 5.91 Å². The van der Waals surface area contributed by atoms with Crippen LogP contribution in [0.25, 0.3) is 11.2 Å². The molecule has 0 fully saturated rings. The van der Waals surface area contributed by atoms with Crippen LogP contribution in [-0.2, 0) is 7.05 Å². The molecule has 3 aromatic rings. The Morgan fingerprint density at radius 1 is 1.33 bits per heavy atom. The fraction of sp³-hybridized carbons (Fsp3) is 0.278. The molecule has 1 amide bonds. The normalized spacial score (nSPS) is 12.1. The van der Waals surface area contributed by atoms with E-state index in [1.807, 2.05) is 49.7 Å². The van der Waals surface area contributed by atoms with Crippen LogP contribution < -0.4 is 10.1 Å². The van der Waals surface area contributed by atoms with Gasteiger partial charge in [-0.1, -0.05) is 18.2 Å². The number of hydrogen-bond donors (Lipinski definition) is 1. The number of ether oxygens (including phenoxy) is 1. The topological polar surface area (TPSA) is 69.0 Å². The Morgan fingerprint density at radius 3 is 2.92 bits per heavy atom. The van der Waals surface area contributed by atoms with Gasteiger partial charge in [-0.2, -0.15) is 0 Å². The van der Waals surface area contributed by atoms with Crippen LogP contribution in [0.4, 0.5) is 0 Å². The number of pyridine rings is 1. The smallest absolute Gasteiger partial charge is 0.253 e. The van der Waals surface area contributed by atoms with Crippen LogP contribution in [0.3, 0.4) is 0 Å². The number of rotatable bonds is 5. The quantitative estimate of drug-likeness (QED) is 0.783. The molecule has 124 valence electrons. The largest absolute Gasteiger partial charge is 0.491 e. The van der Waals surface area contributed by atoms with Gasteiger partial charge in [0, 0.05) is 13.2 Å². The third-order valence-electron chi connectivity index (χ3n) is 3.77. The highest BCUT2D eigenvalue weighted by Crippen LogP contribution is 2.16. The van der Waals surface area contributed by atoms with Crippen LogP contribution in [0, 0.1) is 6.92 Å². The summed E-state index contributed by atoms with van der Waals surface area (Å²) in [6.07, 6.45) is 3.24. The van der Waals surface area contributed by atoms with Gasteiger partial charge in [0.2, 0.25) is 0 Å². The molecule has 3 rings (SSSR count). The van der Waals surface area contributed by atoms with Gasteiger partial charge in [0.15, 0.2) is 5.65 Å². The first-order valence-corrected chi connectivity index (χ1v) is 7.81. The summed E-state index contributed by atoms with van der Waals surface area (Å²) in [6, 6.07) is 9.42. The maximum Gasteiger partial charge on any atom is 0.253 e. The zero-order chi connectivity index (χ0) is 17.1. The van der Waals surface area contributed by atoms with Gasteiger partial charge in [-0.15, -0.1) is 0 Å². The number of amides is 1. The van der Waals surface area contributed by atoms with Gasteiger partial charge in [-0.25, -0.2) is 9.97 Å². The van der Waals surface area contributed by atoms with E-state index < -0.39 is 0 Å². The molecule has 0 unspecified atom stereocenters. The Bertz CT molecular complexity index is 872. The zero-order valence-corrected chi connectivity index (χ0v) is 14.0. The number of carbonyl (C=O) groups is 1. The summed E-state index contributed by atoms with van der Waals surface area (Å²) in [6.45, 7) is 4.30. The zero-order valence-electron chi connectivity index (χ0n) is 14.0. The number of carbonyl (C=O) groups excluding carboxylic acids is 1. The first kappa shape index (κ1) is 16.0. The van der Waals surface area contributed by atoms with Crippen molar-refractivity contribution in [3.63, 3.8) is 0 Å². The molecule has 0 radical (unpaired) electrons. The molecule has 2 heterocycles. The lowest BCUT2D eigenvalue weighted by Crippen LogP contribution is -2.36. The predicted octanol–water partition coefficient (Wildman–Crippen LogP) is 2.47. The molecule has 1 atom stereocenters. The van der Waals surface area contributed by atoms with Gasteiger partial charge in [-0.3, -0.25) is 4.79 Å². The molecule has 24 heavy (non-hydrogen) atoms. The van der Waals surface area contributed by atoms with E-state index in [1.54, 1.807) is 18.6 Å². The van der Waals surface area contributed by atoms with Gasteiger partial charge in [-0.05, 0) is 31.5 Å². The Kier molecular flexibility index (Phi) is 4.46. The monoisotopic (exact) mass is 324 g/mol. The third-order valence-corrected chi connectivity index (χ3v) is 3.77. The Hall–Kier alpha value is -2.89. The summed E-state index contributed by atoms with van der Waals surface area (Å²) in [5.74, 6) is 0.645. The molecule has 0 saturated heterocycles. The maximum absolute atomic E-state index is 12.3. The van der Waals surface area contributed by atoms with Crippen molar-refractivity contribution in [2.24, 2.45) is 7.05 Å². The minimum atomic E-state index is -0.184. The van der Waals surface area contributed by atoms with Crippen molar-refractivity contribution in [3.05, 3.63) is 54.0 Å². The summed E-state index contributed by atoms with van der Waals surface area (Å²) in [5, 5.41) is 2.92. The molecule has 1 aromatic carbocycles. The molecule has 6 heteroatoms. The second-order valence-electron chi connectivity index (χ2n) is 5.87. The average Bonchev–Trinajstić information content (AvgIpc) is 2.95. The average molecular weight is 324 g/mol. The van der Waals surface area contributed by atoms with E-state index >= 15 is 0 Å². The molecule has 1 N–H and O–H groups in total. The van der Waals surface area contributed by atoms with E-state index in [4.69, 9.17) is 4.74 Å². The van der Waals surface area contributed by atoms with E-state index in [-0.39, 0.29) is 11.9 Å². The summed E-state index contributed by atoms with van der Waals surface area (Å²) in [5.41, 5.74) is 3.02. The van der Waals surface area contributed by atoms with Gasteiger partial charge in [0.1, 0.15) is 17.9 Å². The summed E-state index contributed by atoms with van der Waals surface area (Å²) in [4.78, 5) is 20.8. The van der Waals surface area contributed by atoms with E-state index in [9.17, 15) is 4.79 Å². The molecule has 0 aliphatic heterocycles. The number of hydrogen-bond acceptors (Lipinski definition) is 4. The van der Waals surface area contributed by atoms with Crippen LogP contribution in [0.2, 0.25) is 0 Å². The number of imidazole rings is 1. The predicted molar refractivity (Wildman–Crippen MR) is 92.1 cm³/mol. The van der Waals surface area contributed by atoms with Gasteiger partial charge < -0.3 is 14.6 Å². The van der Waals surface area contributed by atoms with E-state index in [0.29, 0.717) is 17.7 Å². The minimum absolute atomic E-state index is 0.128. The van der Waals surface area contributed by atoms with Crippen molar-refractivity contribution in [2.75, 3.05) is 6.61 Å². The molecule has 2 aromatic heterocycles. The lowest BCUT2D eigenvalue weighted by Gasteiger charge is -2.16. The van der Waals surface area contributed by atoms with Crippen molar-refractivity contribution in [2.45, 2.75) is 19.9 Å². The van der Waals surface area contributed by atoms with Gasteiger partial charge in [0.05, 0.1) is 17.9 Å². The Labute approximate surface area is 140 Å². The molecule has 0 spiro atoms. The van der Waals surface area contributed by atoms with Crippen LogP contribution in [-0.4, -0.2) is 33.1 Å². The highest BCUT2D eigenvalue weighted by molar-refractivity contribution is 5.96. The Morgan fingerprint density at radius 2 is 2.12 bits per heavy atom. The second kappa shape index (κ2) is 6.70. The number of nitrogens with one attached hydrogen (secondary N) is 1. The fourth-order valence-corrected chi connectivity index (χ4v) is 2.42. The number of fused-ring (bicyclic) bond motifs is 1. The highest BCUT2D eigenvalue weighted by atomic mass is 16.5. The van der Waals surface area contributed by atoms with E-state index in [2.05, 4.69) is 15.3 Å². The molecule has 0 aliphatic carbocycles. The van der Waals surface area contributed by atoms with Crippen molar-refractivity contribution < 1.29 is 9.53 Å². The second-order valence-corrected chi connectivity index (χ2v) is 5.87. The number of benzene rings is 1. The lowest BCUT2D eigenvalue weighted by atomic mass is 10.2. The standard InChI is InChI=1S/C18H20N4O2/c1-12-6-4-5-7-16(12)24-10-13(2)21-18(23)14-8-15-17(19-9-14)22(3)11-20-15/h4-9,11,13H,10H2,1-3H3,(H,21,23)/t13-/m0/s1. The van der Waals surface area contributed by atoms with Crippen molar-refractivity contribution in [1.82, 2.24) is 19.9 Å². The van der Waals surface area contributed by atoms with E-state index in [0.717, 1.165) is 17.0 Å². The first-order valence-electron chi connectivity index (χ1n) is 7.81. The van der Waals surface area contributed by atoms with Crippen molar-refractivity contribution in [1.29, 1.82) is 0 Å². The molecule has 6 nitrogen and oxygen atoms in total. The van der Waals surface area contributed by atoms with Crippen molar-refractivity contribution >= 4 is 17.1 Å². The van der Waals surface area contributed by atoms with Crippen LogP contribution in [0.15, 0.2) is 42.9 Å². The molecule has 0 saturated carbocycles. The third kappa shape index (κ3) is 3.37. The summed E-state index contributed by atoms with van der Waals surface area (Å²) >= 11 is 0. The van der Waals surface area contributed by atoms with Crippen molar-refractivity contribution in [3.8, 4) is 5.75 Å². The summed E-state index contributed by atoms with van der Waals surface area (Å²) < 4.78 is 7.58. The number of aryl methyl sites for hydroxylation is 2. The summed E-state index contributed by atoms with van der Waals surface area (Å²) in [7, 11) is 1.87. The number of nitrogens with zero attached hydrogens (tertiary/aromatic N) is 3. The minimum Gasteiger partial charge on any atom is -0.491 e. The molecular formula is C18H20N4O2. The maximum atomic E-state index is 12.3. The highest BCUT2D eigenvalue weighted by Gasteiger charge is 2.13. The molecule has 0 aliphatic rings. The first-order chi connectivity index (χ1) is 11.5. The lowest BCUT2D eigenvalue weighted by molar-refractivity contribution is 0.0926. The Balaban J connectivity index is 1.61. The number of para-hydroxylation sites is 1.